The number of fused-ring (bicyclic) bond motifs is 1. The van der Waals surface area contributed by atoms with Crippen molar-refractivity contribution in [1.82, 2.24) is 9.80 Å². The molecule has 0 saturated heterocycles. The Hall–Kier alpha value is -3.48. The van der Waals surface area contributed by atoms with E-state index in [-0.39, 0.29) is 41.7 Å². The molecule has 1 saturated carbocycles. The Kier molecular flexibility index (Phi) is 4.88. The number of amides is 3. The molecule has 1 heterocycles. The van der Waals surface area contributed by atoms with Gasteiger partial charge >= 0.3 is 5.97 Å². The van der Waals surface area contributed by atoms with E-state index in [4.69, 9.17) is 5.11 Å². The Labute approximate surface area is 167 Å². The molecule has 2 aliphatic rings. The van der Waals surface area contributed by atoms with Crippen LogP contribution in [0.4, 0.5) is 0 Å². The van der Waals surface area contributed by atoms with E-state index in [2.05, 4.69) is 0 Å². The molecule has 1 aliphatic heterocycles. The zero-order chi connectivity index (χ0) is 20.5. The monoisotopic (exact) mass is 392 g/mol. The molecule has 2 aromatic carbocycles. The number of rotatable bonds is 7. The fourth-order valence-corrected chi connectivity index (χ4v) is 3.58. The van der Waals surface area contributed by atoms with Crippen LogP contribution >= 0.6 is 0 Å². The average molecular weight is 392 g/mol. The van der Waals surface area contributed by atoms with Crippen molar-refractivity contribution >= 4 is 23.7 Å². The van der Waals surface area contributed by atoms with Crippen molar-refractivity contribution < 1.29 is 24.3 Å². The first-order valence-corrected chi connectivity index (χ1v) is 9.52. The van der Waals surface area contributed by atoms with Gasteiger partial charge < -0.3 is 10.0 Å². The van der Waals surface area contributed by atoms with Crippen molar-refractivity contribution in [3.05, 3.63) is 70.8 Å². The quantitative estimate of drug-likeness (QED) is 0.729. The molecule has 0 spiro atoms. The van der Waals surface area contributed by atoms with Gasteiger partial charge in [0.05, 0.1) is 11.1 Å². The van der Waals surface area contributed by atoms with E-state index in [1.165, 1.54) is 28.0 Å². The van der Waals surface area contributed by atoms with E-state index in [9.17, 15) is 19.2 Å². The maximum atomic E-state index is 12.8. The fraction of sp³-hybridized carbons (Fsp3) is 0.273. The summed E-state index contributed by atoms with van der Waals surface area (Å²) in [4.78, 5) is 51.8. The number of hydrogen-bond donors (Lipinski definition) is 1. The minimum absolute atomic E-state index is 0.0773. The van der Waals surface area contributed by atoms with Crippen LogP contribution in [0, 0.1) is 0 Å². The number of nitrogens with zero attached hydrogens (tertiary/aromatic N) is 2. The van der Waals surface area contributed by atoms with Gasteiger partial charge in [-0.2, -0.15) is 0 Å². The van der Waals surface area contributed by atoms with Crippen LogP contribution in [-0.2, 0) is 11.2 Å². The molecule has 148 valence electrons. The summed E-state index contributed by atoms with van der Waals surface area (Å²) < 4.78 is 0. The molecule has 1 N–H and O–H groups in total. The second kappa shape index (κ2) is 7.50. The van der Waals surface area contributed by atoms with E-state index in [1.54, 1.807) is 0 Å². The third-order valence-corrected chi connectivity index (χ3v) is 5.24. The minimum Gasteiger partial charge on any atom is -0.480 e. The Morgan fingerprint density at radius 3 is 2.34 bits per heavy atom. The SMILES string of the molecule is O=C(O)CN(C(=O)c1ccc2c(c1)C(=O)N(CCc1ccccc1)C2=O)C1CC1. The van der Waals surface area contributed by atoms with Crippen molar-refractivity contribution in [3.63, 3.8) is 0 Å². The van der Waals surface area contributed by atoms with E-state index in [1.807, 2.05) is 30.3 Å². The van der Waals surface area contributed by atoms with Crippen LogP contribution in [0.25, 0.3) is 0 Å². The molecule has 2 aromatic rings. The van der Waals surface area contributed by atoms with Gasteiger partial charge in [0.25, 0.3) is 17.7 Å². The van der Waals surface area contributed by atoms with Gasteiger partial charge in [-0.3, -0.25) is 24.1 Å². The predicted molar refractivity (Wildman–Crippen MR) is 104 cm³/mol. The molecule has 0 radical (unpaired) electrons. The van der Waals surface area contributed by atoms with E-state index >= 15 is 0 Å². The summed E-state index contributed by atoms with van der Waals surface area (Å²) in [5, 5.41) is 9.08. The van der Waals surface area contributed by atoms with Crippen LogP contribution in [0.1, 0.15) is 49.5 Å². The maximum absolute atomic E-state index is 12.8. The van der Waals surface area contributed by atoms with Crippen molar-refractivity contribution in [2.24, 2.45) is 0 Å². The number of carboxylic acids is 1. The summed E-state index contributed by atoms with van der Waals surface area (Å²) in [5.41, 5.74) is 1.72. The smallest absolute Gasteiger partial charge is 0.323 e. The third kappa shape index (κ3) is 3.76. The number of carboxylic acid groups (broad SMARTS) is 1. The lowest BCUT2D eigenvalue weighted by Gasteiger charge is -2.20. The Bertz CT molecular complexity index is 998. The van der Waals surface area contributed by atoms with E-state index in [0.29, 0.717) is 6.42 Å². The fourth-order valence-electron chi connectivity index (χ4n) is 3.58. The van der Waals surface area contributed by atoms with Crippen molar-refractivity contribution in [3.8, 4) is 0 Å². The minimum atomic E-state index is -1.08. The number of hydrogen-bond acceptors (Lipinski definition) is 4. The lowest BCUT2D eigenvalue weighted by atomic mass is 10.0. The lowest BCUT2D eigenvalue weighted by Crippen LogP contribution is -2.37. The molecular formula is C22H20N2O5. The summed E-state index contributed by atoms with van der Waals surface area (Å²) >= 11 is 0. The highest BCUT2D eigenvalue weighted by atomic mass is 16.4. The number of carbonyl (C=O) groups is 4. The molecule has 0 atom stereocenters. The van der Waals surface area contributed by atoms with Gasteiger partial charge in [-0.05, 0) is 43.0 Å². The molecule has 7 heteroatoms. The van der Waals surface area contributed by atoms with E-state index in [0.717, 1.165) is 18.4 Å². The van der Waals surface area contributed by atoms with Gasteiger partial charge in [0.15, 0.2) is 0 Å². The molecule has 1 aliphatic carbocycles. The second-order valence-electron chi connectivity index (χ2n) is 7.32. The van der Waals surface area contributed by atoms with Crippen LogP contribution in [0.5, 0.6) is 0 Å². The third-order valence-electron chi connectivity index (χ3n) is 5.24. The predicted octanol–water partition coefficient (Wildman–Crippen LogP) is 2.21. The number of imide groups is 1. The lowest BCUT2D eigenvalue weighted by molar-refractivity contribution is -0.137. The van der Waals surface area contributed by atoms with Crippen molar-refractivity contribution in [2.45, 2.75) is 25.3 Å². The van der Waals surface area contributed by atoms with Gasteiger partial charge in [0.2, 0.25) is 0 Å². The zero-order valence-corrected chi connectivity index (χ0v) is 15.7. The van der Waals surface area contributed by atoms with Crippen LogP contribution in [0.15, 0.2) is 48.5 Å². The number of aliphatic carboxylic acids is 1. The molecule has 29 heavy (non-hydrogen) atoms. The molecular weight excluding hydrogens is 372 g/mol. The molecule has 7 nitrogen and oxygen atoms in total. The Morgan fingerprint density at radius 2 is 1.69 bits per heavy atom. The number of benzene rings is 2. The largest absolute Gasteiger partial charge is 0.480 e. The van der Waals surface area contributed by atoms with Crippen LogP contribution in [0.3, 0.4) is 0 Å². The van der Waals surface area contributed by atoms with Gasteiger partial charge in [-0.25, -0.2) is 0 Å². The first-order valence-electron chi connectivity index (χ1n) is 9.52. The maximum Gasteiger partial charge on any atom is 0.323 e. The normalized spacial score (nSPS) is 15.4. The summed E-state index contributed by atoms with van der Waals surface area (Å²) in [7, 11) is 0. The highest BCUT2D eigenvalue weighted by molar-refractivity contribution is 6.22. The van der Waals surface area contributed by atoms with Crippen LogP contribution < -0.4 is 0 Å². The van der Waals surface area contributed by atoms with Gasteiger partial charge in [-0.1, -0.05) is 30.3 Å². The average Bonchev–Trinajstić information content (AvgIpc) is 3.53. The molecule has 3 amide bonds. The van der Waals surface area contributed by atoms with Crippen molar-refractivity contribution in [2.75, 3.05) is 13.1 Å². The van der Waals surface area contributed by atoms with Crippen LogP contribution in [0.2, 0.25) is 0 Å². The highest BCUT2D eigenvalue weighted by Crippen LogP contribution is 2.30. The molecule has 0 unspecified atom stereocenters. The van der Waals surface area contributed by atoms with E-state index < -0.39 is 17.8 Å². The highest BCUT2D eigenvalue weighted by Gasteiger charge is 2.38. The Morgan fingerprint density at radius 1 is 1.00 bits per heavy atom. The molecule has 4 rings (SSSR count). The zero-order valence-electron chi connectivity index (χ0n) is 15.7. The first kappa shape index (κ1) is 18.9. The molecule has 0 aromatic heterocycles. The van der Waals surface area contributed by atoms with Gasteiger partial charge in [0, 0.05) is 18.2 Å². The topological polar surface area (TPSA) is 95.0 Å². The summed E-state index contributed by atoms with van der Waals surface area (Å²) in [6.07, 6.45) is 2.09. The van der Waals surface area contributed by atoms with Gasteiger partial charge in [0.1, 0.15) is 6.54 Å². The van der Waals surface area contributed by atoms with Crippen molar-refractivity contribution in [1.29, 1.82) is 0 Å². The summed E-state index contributed by atoms with van der Waals surface area (Å²) in [6.45, 7) is -0.122. The Balaban J connectivity index is 1.53. The first-order chi connectivity index (χ1) is 14.0. The molecule has 0 bridgehead atoms. The standard InChI is InChI=1S/C22H20N2O5/c25-19(26)13-24(16-7-8-16)20(27)15-6-9-17-18(12-15)22(29)23(21(17)28)11-10-14-4-2-1-3-5-14/h1-6,9,12,16H,7-8,10-11,13H2,(H,25,26). The summed E-state index contributed by atoms with van der Waals surface area (Å²) in [5.74, 6) is -2.30. The number of carbonyl (C=O) groups excluding carboxylic acids is 3. The van der Waals surface area contributed by atoms with Crippen LogP contribution in [-0.4, -0.2) is 57.7 Å². The van der Waals surface area contributed by atoms with Gasteiger partial charge in [-0.15, -0.1) is 0 Å². The molecule has 1 fully saturated rings. The second-order valence-corrected chi connectivity index (χ2v) is 7.32. The summed E-state index contributed by atoms with van der Waals surface area (Å²) in [6, 6.07) is 13.9.